The minimum atomic E-state index is -0.249. The Bertz CT molecular complexity index is 696. The molecular weight excluding hydrogens is 332 g/mol. The fraction of sp³-hybridized carbons (Fsp3) is 0.524. The molecule has 3 rings (SSSR count). The zero-order valence-electron chi connectivity index (χ0n) is 15.4. The third kappa shape index (κ3) is 3.62. The zero-order chi connectivity index (χ0) is 18.7. The molecule has 1 heterocycles. The Balaban J connectivity index is 1.78. The van der Waals surface area contributed by atoms with Crippen LogP contribution in [0.4, 0.5) is 0 Å². The first kappa shape index (κ1) is 18.5. The zero-order valence-corrected chi connectivity index (χ0v) is 15.4. The smallest absolute Gasteiger partial charge is 0.305 e. The molecule has 0 aromatic heterocycles. The second-order valence-corrected chi connectivity index (χ2v) is 7.02. The molecule has 1 aromatic rings. The lowest BCUT2D eigenvalue weighted by molar-refractivity contribution is -0.148. The van der Waals surface area contributed by atoms with Crippen molar-refractivity contribution in [3.63, 3.8) is 0 Å². The molecule has 0 saturated heterocycles. The Hall–Kier alpha value is -2.30. The third-order valence-corrected chi connectivity index (χ3v) is 5.37. The number of aryl methyl sites for hydroxylation is 1. The molecule has 5 nitrogen and oxygen atoms in total. The number of ether oxygens (including phenoxy) is 3. The van der Waals surface area contributed by atoms with Crippen LogP contribution in [0.3, 0.4) is 0 Å². The summed E-state index contributed by atoms with van der Waals surface area (Å²) in [5.41, 5.74) is 2.31. The second kappa shape index (κ2) is 7.94. The predicted molar refractivity (Wildman–Crippen MR) is 97.0 cm³/mol. The number of hydrogen-bond acceptors (Lipinski definition) is 5. The van der Waals surface area contributed by atoms with Gasteiger partial charge in [0.1, 0.15) is 18.0 Å². The van der Waals surface area contributed by atoms with Gasteiger partial charge in [0.25, 0.3) is 0 Å². The van der Waals surface area contributed by atoms with Gasteiger partial charge in [-0.05, 0) is 24.8 Å². The number of esters is 2. The molecule has 4 unspecified atom stereocenters. The number of carbonyl (C=O) groups excluding carboxylic acids is 2. The number of allylic oxidation sites excluding steroid dienone is 1. The van der Waals surface area contributed by atoms with Crippen LogP contribution in [0.2, 0.25) is 0 Å². The first-order valence-corrected chi connectivity index (χ1v) is 9.18. The van der Waals surface area contributed by atoms with Gasteiger partial charge < -0.3 is 14.2 Å². The van der Waals surface area contributed by atoms with Crippen molar-refractivity contribution in [2.24, 2.45) is 5.92 Å². The number of hydrogen-bond donors (Lipinski definition) is 0. The summed E-state index contributed by atoms with van der Waals surface area (Å²) < 4.78 is 16.5. The topological polar surface area (TPSA) is 61.8 Å². The quantitative estimate of drug-likeness (QED) is 0.551. The van der Waals surface area contributed by atoms with Crippen molar-refractivity contribution in [1.82, 2.24) is 0 Å². The van der Waals surface area contributed by atoms with Crippen molar-refractivity contribution in [2.75, 3.05) is 7.11 Å². The van der Waals surface area contributed by atoms with E-state index < -0.39 is 0 Å². The van der Waals surface area contributed by atoms with Gasteiger partial charge in [-0.1, -0.05) is 24.3 Å². The van der Waals surface area contributed by atoms with Crippen LogP contribution in [-0.4, -0.2) is 31.3 Å². The molecule has 1 saturated carbocycles. The molecule has 1 aromatic carbocycles. The Labute approximate surface area is 154 Å². The first-order valence-electron chi connectivity index (χ1n) is 9.18. The average Bonchev–Trinajstić information content (AvgIpc) is 3.12. The number of benzene rings is 1. The normalized spacial score (nSPS) is 25.8. The maximum absolute atomic E-state index is 11.4. The molecule has 1 aliphatic heterocycles. The monoisotopic (exact) mass is 358 g/mol. The Morgan fingerprint density at radius 3 is 2.88 bits per heavy atom. The van der Waals surface area contributed by atoms with Crippen LogP contribution in [0.25, 0.3) is 0 Å². The van der Waals surface area contributed by atoms with Crippen molar-refractivity contribution >= 4 is 11.9 Å². The molecule has 140 valence electrons. The molecule has 1 fully saturated rings. The van der Waals surface area contributed by atoms with Gasteiger partial charge in [0.15, 0.2) is 0 Å². The molecule has 0 amide bonds. The number of methoxy groups -OCH3 is 1. The third-order valence-electron chi connectivity index (χ3n) is 5.37. The highest BCUT2D eigenvalue weighted by atomic mass is 16.5. The SMILES string of the molecule is C=CCC1C(OC(C)=O)CC2Oc3c(CCCC(=O)OC)cccc3C21. The molecule has 0 bridgehead atoms. The van der Waals surface area contributed by atoms with Crippen molar-refractivity contribution in [2.45, 2.75) is 57.2 Å². The van der Waals surface area contributed by atoms with E-state index in [2.05, 4.69) is 18.7 Å². The predicted octanol–water partition coefficient (Wildman–Crippen LogP) is 3.55. The summed E-state index contributed by atoms with van der Waals surface area (Å²) in [7, 11) is 1.41. The number of carbonyl (C=O) groups is 2. The van der Waals surface area contributed by atoms with Crippen LogP contribution in [0.15, 0.2) is 30.9 Å². The maximum atomic E-state index is 11.4. The van der Waals surface area contributed by atoms with E-state index in [-0.39, 0.29) is 36.0 Å². The van der Waals surface area contributed by atoms with Gasteiger partial charge in [0.05, 0.1) is 7.11 Å². The molecular formula is C21H26O5. The van der Waals surface area contributed by atoms with Crippen LogP contribution < -0.4 is 4.74 Å². The molecule has 4 atom stereocenters. The lowest BCUT2D eigenvalue weighted by Gasteiger charge is -2.22. The van der Waals surface area contributed by atoms with Gasteiger partial charge in [0.2, 0.25) is 0 Å². The minimum Gasteiger partial charge on any atom is -0.489 e. The van der Waals surface area contributed by atoms with Crippen LogP contribution >= 0.6 is 0 Å². The van der Waals surface area contributed by atoms with E-state index >= 15 is 0 Å². The number of fused-ring (bicyclic) bond motifs is 3. The summed E-state index contributed by atoms with van der Waals surface area (Å²) in [5.74, 6) is 0.912. The van der Waals surface area contributed by atoms with E-state index in [1.54, 1.807) is 0 Å². The molecule has 5 heteroatoms. The molecule has 2 aliphatic rings. The van der Waals surface area contributed by atoms with Gasteiger partial charge in [-0.15, -0.1) is 6.58 Å². The number of rotatable bonds is 7. The van der Waals surface area contributed by atoms with Crippen molar-refractivity contribution in [3.8, 4) is 5.75 Å². The van der Waals surface area contributed by atoms with E-state index in [1.807, 2.05) is 12.1 Å². The van der Waals surface area contributed by atoms with Gasteiger partial charge in [-0.3, -0.25) is 9.59 Å². The summed E-state index contributed by atoms with van der Waals surface area (Å²) in [6.45, 7) is 5.32. The lowest BCUT2D eigenvalue weighted by atomic mass is 9.85. The van der Waals surface area contributed by atoms with E-state index in [0.29, 0.717) is 12.8 Å². The fourth-order valence-electron chi connectivity index (χ4n) is 4.33. The highest BCUT2D eigenvalue weighted by molar-refractivity contribution is 5.69. The Morgan fingerprint density at radius 1 is 1.38 bits per heavy atom. The second-order valence-electron chi connectivity index (χ2n) is 7.02. The van der Waals surface area contributed by atoms with E-state index in [0.717, 1.165) is 30.6 Å². The van der Waals surface area contributed by atoms with Gasteiger partial charge in [-0.2, -0.15) is 0 Å². The summed E-state index contributed by atoms with van der Waals surface area (Å²) in [6, 6.07) is 6.21. The molecule has 26 heavy (non-hydrogen) atoms. The minimum absolute atomic E-state index is 0.0288. The van der Waals surface area contributed by atoms with Crippen molar-refractivity contribution in [1.29, 1.82) is 0 Å². The number of para-hydroxylation sites is 1. The Morgan fingerprint density at radius 2 is 2.19 bits per heavy atom. The highest BCUT2D eigenvalue weighted by Crippen LogP contribution is 2.53. The highest BCUT2D eigenvalue weighted by Gasteiger charge is 2.51. The van der Waals surface area contributed by atoms with Crippen LogP contribution in [0, 0.1) is 5.92 Å². The fourth-order valence-corrected chi connectivity index (χ4v) is 4.33. The standard InChI is InChI=1S/C21H26O5/c1-4-7-15-17(25-13(2)22)12-18-20(15)16-10-5-8-14(21(16)26-18)9-6-11-19(23)24-3/h4-5,8,10,15,17-18,20H,1,6-7,9,11-12H2,2-3H3. The summed E-state index contributed by atoms with van der Waals surface area (Å²) >= 11 is 0. The lowest BCUT2D eigenvalue weighted by Crippen LogP contribution is -2.23. The molecule has 0 radical (unpaired) electrons. The summed E-state index contributed by atoms with van der Waals surface area (Å²) in [6.07, 6.45) is 5.19. The van der Waals surface area contributed by atoms with Gasteiger partial charge in [0, 0.05) is 37.2 Å². The van der Waals surface area contributed by atoms with Gasteiger partial charge in [-0.25, -0.2) is 0 Å². The molecule has 0 spiro atoms. The molecule has 0 N–H and O–H groups in total. The van der Waals surface area contributed by atoms with Crippen LogP contribution in [0.5, 0.6) is 5.75 Å². The van der Waals surface area contributed by atoms with E-state index in [9.17, 15) is 9.59 Å². The largest absolute Gasteiger partial charge is 0.489 e. The first-order chi connectivity index (χ1) is 12.5. The van der Waals surface area contributed by atoms with Crippen molar-refractivity contribution in [3.05, 3.63) is 42.0 Å². The molecule has 1 aliphatic carbocycles. The van der Waals surface area contributed by atoms with Gasteiger partial charge >= 0.3 is 11.9 Å². The van der Waals surface area contributed by atoms with Crippen molar-refractivity contribution < 1.29 is 23.8 Å². The van der Waals surface area contributed by atoms with E-state index in [4.69, 9.17) is 14.2 Å². The summed E-state index contributed by atoms with van der Waals surface area (Å²) in [4.78, 5) is 22.8. The van der Waals surface area contributed by atoms with E-state index in [1.165, 1.54) is 19.6 Å². The van der Waals surface area contributed by atoms with Crippen LogP contribution in [0.1, 0.15) is 49.7 Å². The Kier molecular flexibility index (Phi) is 5.64. The van der Waals surface area contributed by atoms with Crippen LogP contribution in [-0.2, 0) is 25.5 Å². The maximum Gasteiger partial charge on any atom is 0.305 e. The summed E-state index contributed by atoms with van der Waals surface area (Å²) in [5, 5.41) is 0. The average molecular weight is 358 g/mol.